The van der Waals surface area contributed by atoms with Gasteiger partial charge in [-0.3, -0.25) is 4.79 Å². The molecule has 0 unspecified atom stereocenters. The molecule has 3 aromatic carbocycles. The Balaban J connectivity index is 1.74. The zero-order valence-electron chi connectivity index (χ0n) is 19.5. The molecule has 0 aromatic heterocycles. The summed E-state index contributed by atoms with van der Waals surface area (Å²) in [5.74, 6) is 0.430. The molecular weight excluding hydrogens is 450 g/mol. The summed E-state index contributed by atoms with van der Waals surface area (Å²) in [6.45, 7) is 3.89. The average molecular weight is 480 g/mol. The van der Waals surface area contributed by atoms with E-state index in [1.54, 1.807) is 12.1 Å². The van der Waals surface area contributed by atoms with Crippen molar-refractivity contribution < 1.29 is 17.9 Å². The van der Waals surface area contributed by atoms with Crippen LogP contribution in [0.3, 0.4) is 0 Å². The fraction of sp³-hybridized carbons (Fsp3) is 0.231. The van der Waals surface area contributed by atoms with Crippen LogP contribution < -0.4 is 10.2 Å². The van der Waals surface area contributed by atoms with Crippen LogP contribution in [-0.4, -0.2) is 38.5 Å². The number of carbonyl (C=O) groups excluding carboxylic acids is 1. The van der Waals surface area contributed by atoms with Crippen molar-refractivity contribution >= 4 is 22.1 Å². The van der Waals surface area contributed by atoms with E-state index >= 15 is 0 Å². The number of hydrazone groups is 1. The number of nitrogens with one attached hydrogen (secondary N) is 1. The molecule has 1 N–H and O–H groups in total. The first-order valence-corrected chi connectivity index (χ1v) is 12.3. The number of ether oxygens (including phenoxy) is 1. The van der Waals surface area contributed by atoms with Crippen LogP contribution in [0.5, 0.6) is 5.75 Å². The van der Waals surface area contributed by atoms with E-state index in [0.717, 1.165) is 15.4 Å². The van der Waals surface area contributed by atoms with Gasteiger partial charge in [0.15, 0.2) is 0 Å². The number of benzene rings is 3. The van der Waals surface area contributed by atoms with Crippen LogP contribution >= 0.6 is 0 Å². The lowest BCUT2D eigenvalue weighted by Crippen LogP contribution is -2.39. The van der Waals surface area contributed by atoms with Crippen LogP contribution in [0.15, 0.2) is 88.9 Å². The lowest BCUT2D eigenvalue weighted by molar-refractivity contribution is -0.121. The molecule has 0 aliphatic rings. The third kappa shape index (κ3) is 6.76. The molecule has 0 saturated carbocycles. The van der Waals surface area contributed by atoms with Gasteiger partial charge in [0.05, 0.1) is 24.8 Å². The smallest absolute Gasteiger partial charge is 0.255 e. The van der Waals surface area contributed by atoms with Gasteiger partial charge in [-0.15, -0.1) is 0 Å². The first-order valence-electron chi connectivity index (χ1n) is 10.9. The Hall–Kier alpha value is -3.49. The second-order valence-electron chi connectivity index (χ2n) is 8.05. The maximum Gasteiger partial charge on any atom is 0.255 e. The van der Waals surface area contributed by atoms with E-state index in [1.165, 1.54) is 31.0 Å². The van der Waals surface area contributed by atoms with Crippen LogP contribution in [0.1, 0.15) is 36.5 Å². The average Bonchev–Trinajstić information content (AvgIpc) is 2.84. The molecule has 0 saturated heterocycles. The van der Waals surface area contributed by atoms with E-state index in [4.69, 9.17) is 4.74 Å². The summed E-state index contributed by atoms with van der Waals surface area (Å²) in [6.07, 6.45) is 1.53. The molecule has 1 amide bonds. The number of carbonyl (C=O) groups is 1. The van der Waals surface area contributed by atoms with Crippen molar-refractivity contribution in [3.8, 4) is 5.75 Å². The van der Waals surface area contributed by atoms with E-state index in [0.29, 0.717) is 11.7 Å². The van der Waals surface area contributed by atoms with E-state index in [2.05, 4.69) is 24.4 Å². The number of rotatable bonds is 10. The number of amides is 1. The van der Waals surface area contributed by atoms with Crippen LogP contribution in [0.4, 0.5) is 0 Å². The van der Waals surface area contributed by atoms with Crippen LogP contribution in [0.2, 0.25) is 0 Å². The second kappa shape index (κ2) is 11.6. The lowest BCUT2D eigenvalue weighted by Gasteiger charge is -2.21. The zero-order valence-corrected chi connectivity index (χ0v) is 20.3. The van der Waals surface area contributed by atoms with Gasteiger partial charge < -0.3 is 4.74 Å². The van der Waals surface area contributed by atoms with Gasteiger partial charge in [-0.05, 0) is 46.9 Å². The monoisotopic (exact) mass is 479 g/mol. The first kappa shape index (κ1) is 25.1. The Labute approximate surface area is 201 Å². The van der Waals surface area contributed by atoms with Crippen LogP contribution in [-0.2, 0) is 21.4 Å². The maximum atomic E-state index is 13.3. The number of nitrogens with zero attached hydrogens (tertiary/aromatic N) is 2. The minimum absolute atomic E-state index is 0.0446. The summed E-state index contributed by atoms with van der Waals surface area (Å²) in [7, 11) is -2.44. The van der Waals surface area contributed by atoms with Crippen molar-refractivity contribution in [1.29, 1.82) is 0 Å². The van der Waals surface area contributed by atoms with Crippen LogP contribution in [0, 0.1) is 0 Å². The first-order chi connectivity index (χ1) is 16.3. The molecule has 3 aromatic rings. The summed E-state index contributed by atoms with van der Waals surface area (Å²) in [4.78, 5) is 12.7. The SMILES string of the molecule is COc1ccc(S(=O)(=O)N(CC(=O)N/N=C\c2ccc(C(C)C)cc2)Cc2ccccc2)cc1. The molecule has 0 radical (unpaired) electrons. The van der Waals surface area contributed by atoms with Crippen molar-refractivity contribution in [3.63, 3.8) is 0 Å². The molecule has 3 rings (SSSR count). The molecule has 0 aliphatic carbocycles. The molecule has 0 atom stereocenters. The van der Waals surface area contributed by atoms with Crippen molar-refractivity contribution in [2.24, 2.45) is 5.10 Å². The molecule has 0 aliphatic heterocycles. The minimum Gasteiger partial charge on any atom is -0.497 e. The number of sulfonamides is 1. The highest BCUT2D eigenvalue weighted by molar-refractivity contribution is 7.89. The summed E-state index contributed by atoms with van der Waals surface area (Å²) in [5, 5.41) is 3.99. The molecule has 0 heterocycles. The molecule has 8 heteroatoms. The van der Waals surface area contributed by atoms with Crippen molar-refractivity contribution in [2.45, 2.75) is 31.2 Å². The summed E-state index contributed by atoms with van der Waals surface area (Å²) >= 11 is 0. The fourth-order valence-electron chi connectivity index (χ4n) is 3.25. The van der Waals surface area contributed by atoms with Gasteiger partial charge in [-0.1, -0.05) is 68.4 Å². The van der Waals surface area contributed by atoms with Crippen LogP contribution in [0.25, 0.3) is 0 Å². The Morgan fingerprint density at radius 2 is 1.65 bits per heavy atom. The molecule has 34 heavy (non-hydrogen) atoms. The number of hydrogen-bond acceptors (Lipinski definition) is 5. The van der Waals surface area contributed by atoms with E-state index in [-0.39, 0.29) is 18.0 Å². The van der Waals surface area contributed by atoms with Gasteiger partial charge in [-0.25, -0.2) is 13.8 Å². The number of methoxy groups -OCH3 is 1. The topological polar surface area (TPSA) is 88.1 Å². The molecule has 7 nitrogen and oxygen atoms in total. The third-order valence-electron chi connectivity index (χ3n) is 5.22. The normalized spacial score (nSPS) is 11.8. The Kier molecular flexibility index (Phi) is 8.56. The summed E-state index contributed by atoms with van der Waals surface area (Å²) < 4.78 is 32.9. The second-order valence-corrected chi connectivity index (χ2v) is 9.99. The molecule has 178 valence electrons. The van der Waals surface area contributed by atoms with Gasteiger partial charge in [0.25, 0.3) is 5.91 Å². The van der Waals surface area contributed by atoms with Crippen molar-refractivity contribution in [3.05, 3.63) is 95.6 Å². The molecule has 0 fully saturated rings. The lowest BCUT2D eigenvalue weighted by atomic mass is 10.0. The fourth-order valence-corrected chi connectivity index (χ4v) is 4.64. The van der Waals surface area contributed by atoms with Gasteiger partial charge in [-0.2, -0.15) is 9.41 Å². The Morgan fingerprint density at radius 3 is 2.24 bits per heavy atom. The standard InChI is InChI=1S/C26H29N3O4S/c1-20(2)23-11-9-21(10-12-23)17-27-28-26(30)19-29(18-22-7-5-4-6-8-22)34(31,32)25-15-13-24(33-3)14-16-25/h4-17,20H,18-19H2,1-3H3,(H,28,30)/b27-17-. The molecule has 0 spiro atoms. The largest absolute Gasteiger partial charge is 0.497 e. The van der Waals surface area contributed by atoms with E-state index < -0.39 is 15.9 Å². The Bertz CT molecular complexity index is 1210. The number of hydrogen-bond donors (Lipinski definition) is 1. The van der Waals surface area contributed by atoms with Gasteiger partial charge in [0.1, 0.15) is 5.75 Å². The highest BCUT2D eigenvalue weighted by atomic mass is 32.2. The maximum absolute atomic E-state index is 13.3. The van der Waals surface area contributed by atoms with E-state index in [1.807, 2.05) is 54.6 Å². The molecular formula is C26H29N3O4S. The van der Waals surface area contributed by atoms with Gasteiger partial charge in [0, 0.05) is 6.54 Å². The minimum atomic E-state index is -3.94. The third-order valence-corrected chi connectivity index (χ3v) is 7.03. The van der Waals surface area contributed by atoms with Gasteiger partial charge in [0.2, 0.25) is 10.0 Å². The predicted molar refractivity (Wildman–Crippen MR) is 133 cm³/mol. The highest BCUT2D eigenvalue weighted by Gasteiger charge is 2.27. The zero-order chi connectivity index (χ0) is 24.6. The molecule has 0 bridgehead atoms. The quantitative estimate of drug-likeness (QED) is 0.349. The summed E-state index contributed by atoms with van der Waals surface area (Å²) in [6, 6.07) is 23.0. The van der Waals surface area contributed by atoms with Crippen molar-refractivity contribution in [1.82, 2.24) is 9.73 Å². The van der Waals surface area contributed by atoms with E-state index in [9.17, 15) is 13.2 Å². The predicted octanol–water partition coefficient (Wildman–Crippen LogP) is 4.16. The Morgan fingerprint density at radius 1 is 1.00 bits per heavy atom. The summed E-state index contributed by atoms with van der Waals surface area (Å²) in [5.41, 5.74) is 5.24. The van der Waals surface area contributed by atoms with Crippen molar-refractivity contribution in [2.75, 3.05) is 13.7 Å². The van der Waals surface area contributed by atoms with Gasteiger partial charge >= 0.3 is 0 Å². The highest BCUT2D eigenvalue weighted by Crippen LogP contribution is 2.21.